The lowest BCUT2D eigenvalue weighted by Gasteiger charge is -2.27. The lowest BCUT2D eigenvalue weighted by molar-refractivity contribution is 0.0105. The normalized spacial score (nSPS) is 20.7. The molecule has 1 saturated heterocycles. The maximum Gasteiger partial charge on any atom is 0.263 e. The van der Waals surface area contributed by atoms with Crippen LogP contribution in [0.15, 0.2) is 17.5 Å². The second kappa shape index (κ2) is 5.43. The van der Waals surface area contributed by atoms with E-state index in [1.807, 2.05) is 24.6 Å². The molecule has 2 rings (SSSR count). The molecule has 1 aliphatic heterocycles. The van der Waals surface area contributed by atoms with E-state index in [1.165, 1.54) is 11.3 Å². The molecule has 1 N–H and O–H groups in total. The number of nitrogens with one attached hydrogen (secondary N) is 1. The summed E-state index contributed by atoms with van der Waals surface area (Å²) in [7, 11) is 1.82. The van der Waals surface area contributed by atoms with Crippen molar-refractivity contribution in [3.8, 4) is 0 Å². The van der Waals surface area contributed by atoms with Crippen LogP contribution in [0.4, 0.5) is 0 Å². The minimum absolute atomic E-state index is 0.0733. The van der Waals surface area contributed by atoms with Gasteiger partial charge < -0.3 is 15.0 Å². The number of nitrogens with zero attached hydrogens (tertiary/aromatic N) is 1. The van der Waals surface area contributed by atoms with Crippen LogP contribution in [0.1, 0.15) is 9.67 Å². The zero-order chi connectivity index (χ0) is 11.4. The van der Waals surface area contributed by atoms with Crippen molar-refractivity contribution in [2.45, 2.75) is 6.10 Å². The molecular weight excluding hydrogens is 224 g/mol. The Hall–Kier alpha value is -0.910. The van der Waals surface area contributed by atoms with Crippen LogP contribution < -0.4 is 5.32 Å². The van der Waals surface area contributed by atoms with Gasteiger partial charge in [0.1, 0.15) is 0 Å². The number of morpholine rings is 1. The average Bonchev–Trinajstić information content (AvgIpc) is 2.83. The van der Waals surface area contributed by atoms with Gasteiger partial charge in [-0.25, -0.2) is 0 Å². The van der Waals surface area contributed by atoms with Gasteiger partial charge in [-0.2, -0.15) is 0 Å². The first-order valence-electron chi connectivity index (χ1n) is 5.38. The number of ether oxygens (including phenoxy) is 1. The zero-order valence-electron chi connectivity index (χ0n) is 9.31. The Morgan fingerprint density at radius 1 is 1.75 bits per heavy atom. The van der Waals surface area contributed by atoms with Crippen LogP contribution in [0.2, 0.25) is 0 Å². The fourth-order valence-corrected chi connectivity index (χ4v) is 2.43. The summed E-state index contributed by atoms with van der Waals surface area (Å²) in [6, 6.07) is 3.74. The van der Waals surface area contributed by atoms with E-state index in [4.69, 9.17) is 4.74 Å². The molecule has 0 aromatic carbocycles. The molecule has 0 spiro atoms. The maximum absolute atomic E-state index is 11.9. The predicted octanol–water partition coefficient (Wildman–Crippen LogP) is 0.809. The molecule has 0 radical (unpaired) electrons. The number of amides is 1. The summed E-state index contributed by atoms with van der Waals surface area (Å²) in [5, 5.41) is 5.17. The number of carbonyl (C=O) groups is 1. The van der Waals surface area contributed by atoms with Crippen molar-refractivity contribution < 1.29 is 9.53 Å². The summed E-state index contributed by atoms with van der Waals surface area (Å²) in [5.41, 5.74) is 0. The fraction of sp³-hybridized carbons (Fsp3) is 0.545. The largest absolute Gasteiger partial charge is 0.374 e. The molecule has 0 saturated carbocycles. The molecule has 2 heterocycles. The molecule has 0 aliphatic carbocycles. The standard InChI is InChI=1S/C11H16N2O2S/c1-13(8-9-7-12-4-5-15-9)11(14)10-3-2-6-16-10/h2-3,6,9,12H,4-5,7-8H2,1H3. The van der Waals surface area contributed by atoms with Gasteiger partial charge in [-0.3, -0.25) is 4.79 Å². The second-order valence-electron chi connectivity index (χ2n) is 3.86. The van der Waals surface area contributed by atoms with Crippen molar-refractivity contribution in [3.63, 3.8) is 0 Å². The van der Waals surface area contributed by atoms with Crippen LogP contribution in [0, 0.1) is 0 Å². The number of likely N-dealkylation sites (N-methyl/N-ethyl adjacent to an activating group) is 1. The van der Waals surface area contributed by atoms with Crippen molar-refractivity contribution in [1.29, 1.82) is 0 Å². The van der Waals surface area contributed by atoms with Gasteiger partial charge in [0, 0.05) is 26.7 Å². The summed E-state index contributed by atoms with van der Waals surface area (Å²) in [4.78, 5) is 14.4. The van der Waals surface area contributed by atoms with E-state index >= 15 is 0 Å². The van der Waals surface area contributed by atoms with E-state index in [-0.39, 0.29) is 12.0 Å². The van der Waals surface area contributed by atoms with Gasteiger partial charge in [0.15, 0.2) is 0 Å². The number of hydrogen-bond acceptors (Lipinski definition) is 4. The van der Waals surface area contributed by atoms with Crippen LogP contribution in [0.3, 0.4) is 0 Å². The molecule has 1 aliphatic rings. The first kappa shape index (κ1) is 11.6. The highest BCUT2D eigenvalue weighted by Crippen LogP contribution is 2.11. The molecule has 1 aromatic heterocycles. The maximum atomic E-state index is 11.9. The Kier molecular flexibility index (Phi) is 3.93. The van der Waals surface area contributed by atoms with E-state index < -0.39 is 0 Å². The first-order valence-corrected chi connectivity index (χ1v) is 6.26. The average molecular weight is 240 g/mol. The van der Waals surface area contributed by atoms with Crippen LogP contribution >= 0.6 is 11.3 Å². The second-order valence-corrected chi connectivity index (χ2v) is 4.81. The highest BCUT2D eigenvalue weighted by Gasteiger charge is 2.19. The molecule has 0 bridgehead atoms. The number of hydrogen-bond donors (Lipinski definition) is 1. The molecule has 1 unspecified atom stereocenters. The highest BCUT2D eigenvalue weighted by molar-refractivity contribution is 7.12. The summed E-state index contributed by atoms with van der Waals surface area (Å²) in [6.07, 6.45) is 0.114. The molecule has 1 amide bonds. The number of carbonyl (C=O) groups excluding carboxylic acids is 1. The lowest BCUT2D eigenvalue weighted by atomic mass is 10.3. The summed E-state index contributed by atoms with van der Waals surface area (Å²) in [5.74, 6) is 0.0733. The SMILES string of the molecule is CN(CC1CNCCO1)C(=O)c1cccs1. The molecule has 1 aromatic rings. The minimum Gasteiger partial charge on any atom is -0.374 e. The van der Waals surface area contributed by atoms with Gasteiger partial charge in [-0.05, 0) is 11.4 Å². The summed E-state index contributed by atoms with van der Waals surface area (Å²) < 4.78 is 5.56. The Morgan fingerprint density at radius 2 is 2.62 bits per heavy atom. The third-order valence-corrected chi connectivity index (χ3v) is 3.42. The van der Waals surface area contributed by atoms with Crippen molar-refractivity contribution in [3.05, 3.63) is 22.4 Å². The van der Waals surface area contributed by atoms with Crippen LogP contribution in [-0.4, -0.2) is 50.2 Å². The molecule has 1 atom stereocenters. The Bertz CT molecular complexity index is 334. The molecule has 1 fully saturated rings. The van der Waals surface area contributed by atoms with E-state index in [1.54, 1.807) is 4.90 Å². The summed E-state index contributed by atoms with van der Waals surface area (Å²) >= 11 is 1.47. The van der Waals surface area contributed by atoms with Crippen LogP contribution in [0.25, 0.3) is 0 Å². The first-order chi connectivity index (χ1) is 7.77. The molecule has 88 valence electrons. The van der Waals surface area contributed by atoms with Gasteiger partial charge in [0.05, 0.1) is 17.6 Å². The molecule has 16 heavy (non-hydrogen) atoms. The minimum atomic E-state index is 0.0733. The van der Waals surface area contributed by atoms with E-state index in [0.717, 1.165) is 24.6 Å². The lowest BCUT2D eigenvalue weighted by Crippen LogP contribution is -2.45. The topological polar surface area (TPSA) is 41.6 Å². The smallest absolute Gasteiger partial charge is 0.263 e. The van der Waals surface area contributed by atoms with Gasteiger partial charge in [0.25, 0.3) is 5.91 Å². The van der Waals surface area contributed by atoms with E-state index in [2.05, 4.69) is 5.32 Å². The molecule has 4 nitrogen and oxygen atoms in total. The molecule has 5 heteroatoms. The third kappa shape index (κ3) is 2.81. The predicted molar refractivity (Wildman–Crippen MR) is 63.9 cm³/mol. The Balaban J connectivity index is 1.87. The van der Waals surface area contributed by atoms with E-state index in [9.17, 15) is 4.79 Å². The van der Waals surface area contributed by atoms with E-state index in [0.29, 0.717) is 6.54 Å². The quantitative estimate of drug-likeness (QED) is 0.850. The van der Waals surface area contributed by atoms with Crippen LogP contribution in [-0.2, 0) is 4.74 Å². The number of rotatable bonds is 3. The Labute approximate surface area is 99.2 Å². The van der Waals surface area contributed by atoms with Gasteiger partial charge >= 0.3 is 0 Å². The zero-order valence-corrected chi connectivity index (χ0v) is 10.1. The van der Waals surface area contributed by atoms with Gasteiger partial charge in [-0.15, -0.1) is 11.3 Å². The van der Waals surface area contributed by atoms with Crippen molar-refractivity contribution in [2.75, 3.05) is 33.3 Å². The summed E-state index contributed by atoms with van der Waals surface area (Å²) in [6.45, 7) is 3.09. The third-order valence-electron chi connectivity index (χ3n) is 2.56. The van der Waals surface area contributed by atoms with Crippen molar-refractivity contribution in [1.82, 2.24) is 10.2 Å². The van der Waals surface area contributed by atoms with Crippen molar-refractivity contribution >= 4 is 17.2 Å². The Morgan fingerprint density at radius 3 is 3.25 bits per heavy atom. The fourth-order valence-electron chi connectivity index (χ4n) is 1.71. The van der Waals surface area contributed by atoms with Gasteiger partial charge in [-0.1, -0.05) is 6.07 Å². The monoisotopic (exact) mass is 240 g/mol. The van der Waals surface area contributed by atoms with Crippen molar-refractivity contribution in [2.24, 2.45) is 0 Å². The molecular formula is C11H16N2O2S. The van der Waals surface area contributed by atoms with Crippen LogP contribution in [0.5, 0.6) is 0 Å². The highest BCUT2D eigenvalue weighted by atomic mass is 32.1. The van der Waals surface area contributed by atoms with Gasteiger partial charge in [0.2, 0.25) is 0 Å². The number of thiophene rings is 1.